The third kappa shape index (κ3) is 2.93. The molecule has 0 bridgehead atoms. The van der Waals surface area contributed by atoms with Crippen molar-refractivity contribution in [1.29, 1.82) is 0 Å². The Morgan fingerprint density at radius 3 is 2.10 bits per heavy atom. The van der Waals surface area contributed by atoms with Crippen molar-refractivity contribution in [3.63, 3.8) is 0 Å². The normalized spacial score (nSPS) is 22.8. The third-order valence-corrected chi connectivity index (χ3v) is 2.81. The smallest absolute Gasteiger partial charge is 0.0256 e. The average molecular weight is 159 g/mol. The molecule has 1 fully saturated rings. The summed E-state index contributed by atoms with van der Waals surface area (Å²) < 4.78 is 3.84. The van der Waals surface area contributed by atoms with Gasteiger partial charge in [0.05, 0.1) is 0 Å². The molecular weight excluding hydrogens is 142 g/mol. The van der Waals surface area contributed by atoms with Crippen LogP contribution in [-0.2, 0) is 0 Å². The van der Waals surface area contributed by atoms with Crippen LogP contribution in [0.1, 0.15) is 40.5 Å². The molecule has 0 aliphatic heterocycles. The molecule has 0 saturated heterocycles. The van der Waals surface area contributed by atoms with Gasteiger partial charge < -0.3 is 0 Å². The molecular formula is C8H17NS. The SMILES string of the molecule is CC1(NSC(C)(C)C)CC1. The predicted molar refractivity (Wildman–Crippen MR) is 48.1 cm³/mol. The van der Waals surface area contributed by atoms with E-state index in [1.54, 1.807) is 0 Å². The Morgan fingerprint density at radius 2 is 1.80 bits per heavy atom. The van der Waals surface area contributed by atoms with E-state index in [2.05, 4.69) is 32.4 Å². The highest BCUT2D eigenvalue weighted by Gasteiger charge is 2.37. The van der Waals surface area contributed by atoms with Crippen molar-refractivity contribution < 1.29 is 0 Å². The summed E-state index contributed by atoms with van der Waals surface area (Å²) in [5, 5.41) is 0. The fourth-order valence-electron chi connectivity index (χ4n) is 0.566. The van der Waals surface area contributed by atoms with Gasteiger partial charge >= 0.3 is 0 Å². The van der Waals surface area contributed by atoms with Crippen LogP contribution >= 0.6 is 11.9 Å². The second-order valence-electron chi connectivity index (χ2n) is 4.38. The first-order valence-corrected chi connectivity index (χ1v) is 4.68. The van der Waals surface area contributed by atoms with Gasteiger partial charge in [-0.3, -0.25) is 4.72 Å². The van der Waals surface area contributed by atoms with Gasteiger partial charge in [-0.25, -0.2) is 0 Å². The highest BCUT2D eigenvalue weighted by Crippen LogP contribution is 2.38. The average Bonchev–Trinajstić information content (AvgIpc) is 2.43. The first-order chi connectivity index (χ1) is 4.41. The van der Waals surface area contributed by atoms with Crippen LogP contribution in [-0.4, -0.2) is 10.3 Å². The molecule has 0 aromatic carbocycles. The van der Waals surface area contributed by atoms with Crippen molar-refractivity contribution in [2.24, 2.45) is 0 Å². The lowest BCUT2D eigenvalue weighted by Crippen LogP contribution is -2.26. The van der Waals surface area contributed by atoms with Gasteiger partial charge in [0.25, 0.3) is 0 Å². The maximum atomic E-state index is 3.49. The summed E-state index contributed by atoms with van der Waals surface area (Å²) in [6.07, 6.45) is 2.69. The van der Waals surface area contributed by atoms with Crippen LogP contribution in [0.5, 0.6) is 0 Å². The van der Waals surface area contributed by atoms with Gasteiger partial charge in [0.2, 0.25) is 0 Å². The topological polar surface area (TPSA) is 12.0 Å². The quantitative estimate of drug-likeness (QED) is 0.621. The summed E-state index contributed by atoms with van der Waals surface area (Å²) in [5.41, 5.74) is 0.470. The Bertz CT molecular complexity index is 116. The lowest BCUT2D eigenvalue weighted by Gasteiger charge is -2.20. The molecule has 2 heteroatoms. The molecule has 0 amide bonds. The first-order valence-electron chi connectivity index (χ1n) is 3.87. The van der Waals surface area contributed by atoms with Crippen molar-refractivity contribution in [2.75, 3.05) is 0 Å². The second kappa shape index (κ2) is 2.42. The molecule has 60 valence electrons. The van der Waals surface area contributed by atoms with Crippen LogP contribution in [0, 0.1) is 0 Å². The molecule has 10 heavy (non-hydrogen) atoms. The lowest BCUT2D eigenvalue weighted by molar-refractivity contribution is 0.683. The van der Waals surface area contributed by atoms with Crippen LogP contribution in [0.25, 0.3) is 0 Å². The maximum Gasteiger partial charge on any atom is 0.0256 e. The predicted octanol–water partition coefficient (Wildman–Crippen LogP) is 2.58. The van der Waals surface area contributed by atoms with Gasteiger partial charge in [-0.05, 0) is 40.5 Å². The molecule has 0 aromatic heterocycles. The van der Waals surface area contributed by atoms with Crippen LogP contribution < -0.4 is 4.72 Å². The molecule has 1 N–H and O–H groups in total. The maximum absolute atomic E-state index is 3.49. The van der Waals surface area contributed by atoms with E-state index in [4.69, 9.17) is 0 Å². The van der Waals surface area contributed by atoms with E-state index in [-0.39, 0.29) is 0 Å². The van der Waals surface area contributed by atoms with E-state index in [0.29, 0.717) is 10.3 Å². The van der Waals surface area contributed by atoms with Crippen LogP contribution in [0.2, 0.25) is 0 Å². The number of rotatable bonds is 2. The Balaban J connectivity index is 2.17. The van der Waals surface area contributed by atoms with Gasteiger partial charge in [-0.1, -0.05) is 11.9 Å². The monoisotopic (exact) mass is 159 g/mol. The summed E-state index contributed by atoms with van der Waals surface area (Å²) in [7, 11) is 0. The summed E-state index contributed by atoms with van der Waals surface area (Å²) >= 11 is 1.85. The lowest BCUT2D eigenvalue weighted by atomic mass is 10.3. The Labute approximate surface area is 68.1 Å². The van der Waals surface area contributed by atoms with E-state index in [9.17, 15) is 0 Å². The molecule has 1 aliphatic rings. The fraction of sp³-hybridized carbons (Fsp3) is 1.00. The summed E-state index contributed by atoms with van der Waals surface area (Å²) in [6, 6.07) is 0. The van der Waals surface area contributed by atoms with Crippen molar-refractivity contribution in [2.45, 2.75) is 50.8 Å². The van der Waals surface area contributed by atoms with Gasteiger partial charge in [-0.15, -0.1) is 0 Å². The summed E-state index contributed by atoms with van der Waals surface area (Å²) in [5.74, 6) is 0. The van der Waals surface area contributed by atoms with Crippen molar-refractivity contribution in [1.82, 2.24) is 4.72 Å². The van der Waals surface area contributed by atoms with E-state index >= 15 is 0 Å². The number of hydrogen-bond acceptors (Lipinski definition) is 2. The second-order valence-corrected chi connectivity index (χ2v) is 6.01. The van der Waals surface area contributed by atoms with E-state index in [1.165, 1.54) is 12.8 Å². The molecule has 0 aromatic rings. The van der Waals surface area contributed by atoms with Crippen molar-refractivity contribution in [3.8, 4) is 0 Å². The molecule has 0 radical (unpaired) electrons. The highest BCUT2D eigenvalue weighted by atomic mass is 32.2. The molecule has 0 spiro atoms. The molecule has 1 rings (SSSR count). The Hall–Kier alpha value is 0.310. The first kappa shape index (κ1) is 8.41. The summed E-state index contributed by atoms with van der Waals surface area (Å²) in [6.45, 7) is 8.98. The number of hydrogen-bond donors (Lipinski definition) is 1. The summed E-state index contributed by atoms with van der Waals surface area (Å²) in [4.78, 5) is 0. The minimum Gasteiger partial charge on any atom is -0.258 e. The largest absolute Gasteiger partial charge is 0.258 e. The van der Waals surface area contributed by atoms with Crippen LogP contribution in [0.4, 0.5) is 0 Å². The zero-order chi connectivity index (χ0) is 7.83. The highest BCUT2D eigenvalue weighted by molar-refractivity contribution is 7.98. The van der Waals surface area contributed by atoms with Crippen molar-refractivity contribution in [3.05, 3.63) is 0 Å². The van der Waals surface area contributed by atoms with Gasteiger partial charge in [0, 0.05) is 10.3 Å². The van der Waals surface area contributed by atoms with Crippen LogP contribution in [0.3, 0.4) is 0 Å². The fourth-order valence-corrected chi connectivity index (χ4v) is 1.32. The molecule has 0 heterocycles. The minimum atomic E-state index is 0.353. The molecule has 1 aliphatic carbocycles. The van der Waals surface area contributed by atoms with E-state index in [1.807, 2.05) is 11.9 Å². The number of nitrogens with one attached hydrogen (secondary N) is 1. The van der Waals surface area contributed by atoms with Gasteiger partial charge in [0.15, 0.2) is 0 Å². The minimum absolute atomic E-state index is 0.353. The molecule has 1 nitrogen and oxygen atoms in total. The Kier molecular flexibility index (Phi) is 2.03. The van der Waals surface area contributed by atoms with E-state index < -0.39 is 0 Å². The third-order valence-electron chi connectivity index (χ3n) is 1.60. The standard InChI is InChI=1S/C8H17NS/c1-7(2,3)10-9-8(4)5-6-8/h9H,5-6H2,1-4H3. The van der Waals surface area contributed by atoms with Crippen molar-refractivity contribution >= 4 is 11.9 Å². The van der Waals surface area contributed by atoms with E-state index in [0.717, 1.165) is 0 Å². The molecule has 0 unspecified atom stereocenters. The molecule has 1 saturated carbocycles. The Morgan fingerprint density at radius 1 is 1.30 bits per heavy atom. The molecule has 0 atom stereocenters. The van der Waals surface area contributed by atoms with Gasteiger partial charge in [0.1, 0.15) is 0 Å². The zero-order valence-electron chi connectivity index (χ0n) is 7.32. The van der Waals surface area contributed by atoms with Crippen LogP contribution in [0.15, 0.2) is 0 Å². The van der Waals surface area contributed by atoms with Gasteiger partial charge in [-0.2, -0.15) is 0 Å². The zero-order valence-corrected chi connectivity index (χ0v) is 8.14.